The predicted molar refractivity (Wildman–Crippen MR) is 115 cm³/mol. The zero-order valence-electron chi connectivity index (χ0n) is 15.7. The van der Waals surface area contributed by atoms with E-state index < -0.39 is 5.97 Å². The van der Waals surface area contributed by atoms with Gasteiger partial charge in [0.15, 0.2) is 11.5 Å². The van der Waals surface area contributed by atoms with Gasteiger partial charge in [-0.1, -0.05) is 47.7 Å². The molecule has 0 radical (unpaired) electrons. The first-order valence-electron chi connectivity index (χ1n) is 8.65. The Hall–Kier alpha value is -2.64. The number of ether oxygens (including phenoxy) is 2. The third kappa shape index (κ3) is 4.26. The van der Waals surface area contributed by atoms with Crippen molar-refractivity contribution in [1.82, 2.24) is 4.90 Å². The Morgan fingerprint density at radius 1 is 1.21 bits per heavy atom. The summed E-state index contributed by atoms with van der Waals surface area (Å²) in [6, 6.07) is 12.3. The van der Waals surface area contributed by atoms with Crippen LogP contribution in [0.15, 0.2) is 47.4 Å². The maximum absolute atomic E-state index is 12.4. The van der Waals surface area contributed by atoms with E-state index >= 15 is 0 Å². The number of hydrogen-bond donors (Lipinski definition) is 0. The molecule has 144 valence electrons. The lowest BCUT2D eigenvalue weighted by Crippen LogP contribution is -2.27. The Labute approximate surface area is 173 Å². The Balaban J connectivity index is 1.83. The van der Waals surface area contributed by atoms with Crippen LogP contribution >= 0.6 is 24.0 Å². The van der Waals surface area contributed by atoms with Gasteiger partial charge in [-0.3, -0.25) is 9.69 Å². The van der Waals surface area contributed by atoms with E-state index in [0.717, 1.165) is 11.1 Å². The van der Waals surface area contributed by atoms with Crippen molar-refractivity contribution in [3.63, 3.8) is 0 Å². The van der Waals surface area contributed by atoms with Gasteiger partial charge < -0.3 is 9.47 Å². The lowest BCUT2D eigenvalue weighted by molar-refractivity contribution is -0.121. The number of esters is 1. The summed E-state index contributed by atoms with van der Waals surface area (Å²) in [6.07, 6.45) is 1.75. The molecule has 28 heavy (non-hydrogen) atoms. The van der Waals surface area contributed by atoms with Gasteiger partial charge in [0.1, 0.15) is 4.32 Å². The molecule has 1 aliphatic heterocycles. The standard InChI is InChI=1S/C21H19NO4S2/c1-4-22-19(23)18(28-21(22)27)12-14-8-9-16(17(11-14)25-3)26-20(24)15-7-5-6-13(2)10-15/h5-12H,4H2,1-3H3/b18-12-. The molecule has 1 amide bonds. The monoisotopic (exact) mass is 413 g/mol. The molecule has 1 aliphatic rings. The maximum atomic E-state index is 12.4. The van der Waals surface area contributed by atoms with E-state index in [1.807, 2.05) is 19.9 Å². The minimum Gasteiger partial charge on any atom is -0.493 e. The summed E-state index contributed by atoms with van der Waals surface area (Å²) in [5.41, 5.74) is 2.19. The maximum Gasteiger partial charge on any atom is 0.343 e. The summed E-state index contributed by atoms with van der Waals surface area (Å²) in [5, 5.41) is 0. The highest BCUT2D eigenvalue weighted by Gasteiger charge is 2.30. The number of likely N-dealkylation sites (N-methyl/N-ethyl adjacent to an activating group) is 1. The van der Waals surface area contributed by atoms with Crippen LogP contribution < -0.4 is 9.47 Å². The van der Waals surface area contributed by atoms with Crippen LogP contribution in [0.25, 0.3) is 6.08 Å². The summed E-state index contributed by atoms with van der Waals surface area (Å²) in [6.45, 7) is 4.33. The number of nitrogens with zero attached hydrogens (tertiary/aromatic N) is 1. The lowest BCUT2D eigenvalue weighted by atomic mass is 10.1. The smallest absolute Gasteiger partial charge is 0.343 e. The quantitative estimate of drug-likeness (QED) is 0.313. The van der Waals surface area contributed by atoms with Crippen LogP contribution in [0.3, 0.4) is 0 Å². The van der Waals surface area contributed by atoms with Gasteiger partial charge >= 0.3 is 5.97 Å². The summed E-state index contributed by atoms with van der Waals surface area (Å²) < 4.78 is 11.4. The fourth-order valence-corrected chi connectivity index (χ4v) is 4.10. The zero-order chi connectivity index (χ0) is 20.3. The first-order chi connectivity index (χ1) is 13.4. The lowest BCUT2D eigenvalue weighted by Gasteiger charge is -2.11. The number of thiocarbonyl (C=S) groups is 1. The minimum atomic E-state index is -0.460. The molecule has 2 aromatic carbocycles. The van der Waals surface area contributed by atoms with Crippen molar-refractivity contribution in [3.8, 4) is 11.5 Å². The molecule has 0 aromatic heterocycles. The highest BCUT2D eigenvalue weighted by atomic mass is 32.2. The molecule has 7 heteroatoms. The number of benzene rings is 2. The van der Waals surface area contributed by atoms with Crippen LogP contribution in [0.5, 0.6) is 11.5 Å². The van der Waals surface area contributed by atoms with E-state index in [1.54, 1.807) is 47.4 Å². The zero-order valence-corrected chi connectivity index (χ0v) is 17.4. The van der Waals surface area contributed by atoms with Gasteiger partial charge in [0.2, 0.25) is 0 Å². The second-order valence-corrected chi connectivity index (χ2v) is 7.77. The SMILES string of the molecule is CCN1C(=O)/C(=C/c2ccc(OC(=O)c3cccc(C)c3)c(OC)c2)SC1=S. The molecule has 5 nitrogen and oxygen atoms in total. The summed E-state index contributed by atoms with van der Waals surface area (Å²) in [7, 11) is 1.50. The van der Waals surface area contributed by atoms with Crippen molar-refractivity contribution in [2.45, 2.75) is 13.8 Å². The fourth-order valence-electron chi connectivity index (χ4n) is 2.71. The Bertz CT molecular complexity index is 984. The topological polar surface area (TPSA) is 55.8 Å². The minimum absolute atomic E-state index is 0.105. The number of amides is 1. The number of hydrogen-bond acceptors (Lipinski definition) is 6. The van der Waals surface area contributed by atoms with E-state index in [2.05, 4.69) is 0 Å². The van der Waals surface area contributed by atoms with Crippen LogP contribution in [0, 0.1) is 6.92 Å². The van der Waals surface area contributed by atoms with Crippen LogP contribution in [0.1, 0.15) is 28.4 Å². The highest BCUT2D eigenvalue weighted by Crippen LogP contribution is 2.34. The first-order valence-corrected chi connectivity index (χ1v) is 9.87. The number of carbonyl (C=O) groups excluding carboxylic acids is 2. The Kier molecular flexibility index (Phi) is 6.16. The van der Waals surface area contributed by atoms with E-state index in [-0.39, 0.29) is 5.91 Å². The molecule has 0 atom stereocenters. The van der Waals surface area contributed by atoms with E-state index in [4.69, 9.17) is 21.7 Å². The van der Waals surface area contributed by atoms with Gasteiger partial charge in [0.25, 0.3) is 5.91 Å². The molecule has 1 heterocycles. The second-order valence-electron chi connectivity index (χ2n) is 6.10. The third-order valence-electron chi connectivity index (χ3n) is 4.13. The van der Waals surface area contributed by atoms with E-state index in [1.165, 1.54) is 18.9 Å². The van der Waals surface area contributed by atoms with Gasteiger partial charge in [-0.2, -0.15) is 0 Å². The van der Waals surface area contributed by atoms with Crippen LogP contribution in [-0.4, -0.2) is 34.8 Å². The largest absolute Gasteiger partial charge is 0.493 e. The van der Waals surface area contributed by atoms with Gasteiger partial charge in [0, 0.05) is 6.54 Å². The highest BCUT2D eigenvalue weighted by molar-refractivity contribution is 8.26. The molecule has 0 bridgehead atoms. The summed E-state index contributed by atoms with van der Waals surface area (Å²) in [4.78, 5) is 26.9. The number of methoxy groups -OCH3 is 1. The average Bonchev–Trinajstić information content (AvgIpc) is 2.95. The van der Waals surface area contributed by atoms with Crippen molar-refractivity contribution in [1.29, 1.82) is 0 Å². The van der Waals surface area contributed by atoms with Crippen molar-refractivity contribution < 1.29 is 19.1 Å². The molecule has 3 rings (SSSR count). The molecular weight excluding hydrogens is 394 g/mol. The molecule has 2 aromatic rings. The van der Waals surface area contributed by atoms with Crippen molar-refractivity contribution >= 4 is 46.3 Å². The van der Waals surface area contributed by atoms with Crippen LogP contribution in [0.4, 0.5) is 0 Å². The van der Waals surface area contributed by atoms with Crippen LogP contribution in [0.2, 0.25) is 0 Å². The van der Waals surface area contributed by atoms with Gasteiger partial charge in [-0.05, 0) is 49.8 Å². The first kappa shape index (κ1) is 20.1. The van der Waals surface area contributed by atoms with Gasteiger partial charge in [-0.15, -0.1) is 0 Å². The average molecular weight is 414 g/mol. The molecule has 0 unspecified atom stereocenters. The molecule has 0 saturated carbocycles. The number of aryl methyl sites for hydroxylation is 1. The van der Waals surface area contributed by atoms with E-state index in [9.17, 15) is 9.59 Å². The van der Waals surface area contributed by atoms with Gasteiger partial charge in [0.05, 0.1) is 17.6 Å². The number of thioether (sulfide) groups is 1. The third-order valence-corrected chi connectivity index (χ3v) is 5.51. The number of rotatable bonds is 5. The van der Waals surface area contributed by atoms with Gasteiger partial charge in [-0.25, -0.2) is 4.79 Å². The second kappa shape index (κ2) is 8.58. The molecular formula is C21H19NO4S2. The Morgan fingerprint density at radius 3 is 2.64 bits per heavy atom. The number of carbonyl (C=O) groups is 2. The summed E-state index contributed by atoms with van der Waals surface area (Å²) in [5.74, 6) is 0.151. The molecule has 0 spiro atoms. The predicted octanol–water partition coefficient (Wildman–Crippen LogP) is 4.44. The normalized spacial score (nSPS) is 15.2. The fraction of sp³-hybridized carbons (Fsp3) is 0.190. The van der Waals surface area contributed by atoms with Crippen molar-refractivity contribution in [3.05, 3.63) is 64.1 Å². The van der Waals surface area contributed by atoms with Crippen LogP contribution in [-0.2, 0) is 4.79 Å². The summed E-state index contributed by atoms with van der Waals surface area (Å²) >= 11 is 6.50. The molecule has 1 saturated heterocycles. The molecule has 0 aliphatic carbocycles. The van der Waals surface area contributed by atoms with Crippen molar-refractivity contribution in [2.24, 2.45) is 0 Å². The van der Waals surface area contributed by atoms with Crippen molar-refractivity contribution in [2.75, 3.05) is 13.7 Å². The molecule has 1 fully saturated rings. The van der Waals surface area contributed by atoms with E-state index in [0.29, 0.717) is 32.8 Å². The Morgan fingerprint density at radius 2 is 2.00 bits per heavy atom. The molecule has 0 N–H and O–H groups in total.